The second kappa shape index (κ2) is 8.57. The molecular formula is C20H24FIN3O2P. The van der Waals surface area contributed by atoms with Crippen LogP contribution in [-0.4, -0.2) is 24.8 Å². The van der Waals surface area contributed by atoms with Gasteiger partial charge in [0.25, 0.3) is 11.5 Å². The zero-order valence-electron chi connectivity index (χ0n) is 16.2. The molecule has 0 spiro atoms. The Bertz CT molecular complexity index is 937. The third-order valence-electron chi connectivity index (χ3n) is 5.00. The largest absolute Gasteiger partial charge is 0.280 e. The molecule has 0 aliphatic heterocycles. The monoisotopic (exact) mass is 515 g/mol. The van der Waals surface area contributed by atoms with Gasteiger partial charge < -0.3 is 0 Å². The number of halogens is 2. The number of amides is 1. The molecule has 1 aliphatic rings. The molecule has 2 aromatic rings. The summed E-state index contributed by atoms with van der Waals surface area (Å²) in [5, 5.41) is 5.17. The summed E-state index contributed by atoms with van der Waals surface area (Å²) in [6.45, 7) is 6.00. The number of carbonyl (C=O) groups is 1. The summed E-state index contributed by atoms with van der Waals surface area (Å²) in [6.07, 6.45) is 1.98. The van der Waals surface area contributed by atoms with Gasteiger partial charge in [-0.1, -0.05) is 20.8 Å². The van der Waals surface area contributed by atoms with E-state index in [-0.39, 0.29) is 35.8 Å². The number of rotatable bonds is 5. The molecule has 1 atom stereocenters. The van der Waals surface area contributed by atoms with E-state index in [0.717, 1.165) is 12.8 Å². The number of carbonyl (C=O) groups excluding carboxylic acids is 1. The fraction of sp³-hybridized carbons (Fsp3) is 0.450. The van der Waals surface area contributed by atoms with E-state index in [1.54, 1.807) is 9.18 Å². The summed E-state index contributed by atoms with van der Waals surface area (Å²) < 4.78 is 16.8. The van der Waals surface area contributed by atoms with E-state index in [4.69, 9.17) is 0 Å². The van der Waals surface area contributed by atoms with Crippen molar-refractivity contribution in [3.63, 3.8) is 0 Å². The number of nitrogens with zero attached hydrogens (tertiary/aromatic N) is 3. The van der Waals surface area contributed by atoms with Crippen LogP contribution in [0.3, 0.4) is 0 Å². The molecule has 8 heteroatoms. The molecule has 1 fully saturated rings. The van der Waals surface area contributed by atoms with Crippen LogP contribution < -0.4 is 10.9 Å². The zero-order valence-corrected chi connectivity index (χ0v) is 19.5. The van der Waals surface area contributed by atoms with Crippen LogP contribution in [0, 0.1) is 11.7 Å². The third kappa shape index (κ3) is 4.62. The Balaban J connectivity index is 1.93. The zero-order chi connectivity index (χ0) is 20.6. The van der Waals surface area contributed by atoms with Crippen LogP contribution in [0.2, 0.25) is 0 Å². The maximum atomic E-state index is 13.9. The van der Waals surface area contributed by atoms with E-state index in [0.29, 0.717) is 28.0 Å². The van der Waals surface area contributed by atoms with Crippen LogP contribution in [-0.2, 0) is 11.3 Å². The summed E-state index contributed by atoms with van der Waals surface area (Å²) in [5.74, 6) is 0.145. The van der Waals surface area contributed by atoms with Crippen molar-refractivity contribution in [2.75, 3.05) is 0 Å². The molecule has 1 aromatic carbocycles. The highest BCUT2D eigenvalue weighted by atomic mass is 127. The number of hydrogen-bond acceptors (Lipinski definition) is 3. The molecule has 3 rings (SSSR count). The molecule has 1 amide bonds. The Labute approximate surface area is 180 Å². The Morgan fingerprint density at radius 1 is 1.36 bits per heavy atom. The minimum Gasteiger partial charge on any atom is -0.280 e. The highest BCUT2D eigenvalue weighted by Gasteiger charge is 2.32. The molecule has 1 aromatic heterocycles. The van der Waals surface area contributed by atoms with Gasteiger partial charge in [0.15, 0.2) is 0 Å². The maximum Gasteiger partial charge on any atom is 0.267 e. The van der Waals surface area contributed by atoms with E-state index in [9.17, 15) is 14.0 Å². The van der Waals surface area contributed by atoms with Gasteiger partial charge in [-0.15, -0.1) is 9.24 Å². The van der Waals surface area contributed by atoms with Crippen molar-refractivity contribution in [1.82, 2.24) is 12.9 Å². The number of aromatic nitrogens is 2. The molecule has 28 heavy (non-hydrogen) atoms. The summed E-state index contributed by atoms with van der Waals surface area (Å²) in [6, 6.07) is 6.30. The van der Waals surface area contributed by atoms with E-state index in [1.807, 2.05) is 36.7 Å². The minimum absolute atomic E-state index is 0.0105. The molecule has 0 saturated heterocycles. The van der Waals surface area contributed by atoms with Gasteiger partial charge in [-0.2, -0.15) is 5.10 Å². The van der Waals surface area contributed by atoms with Gasteiger partial charge >= 0.3 is 0 Å². The molecule has 0 radical (unpaired) electrons. The van der Waals surface area contributed by atoms with Gasteiger partial charge in [0, 0.05) is 17.7 Å². The van der Waals surface area contributed by atoms with Gasteiger partial charge in [0.05, 0.1) is 28.6 Å². The van der Waals surface area contributed by atoms with Crippen LogP contribution in [0.25, 0.3) is 11.1 Å². The fourth-order valence-electron chi connectivity index (χ4n) is 3.49. The molecule has 1 heterocycles. The Hall–Kier alpha value is -1.34. The SMILES string of the molecule is CC1CC(N(I)C(=O)Cn2nc(C(C)C)c(-c3cc(F)cc(P)c3)cc2=O)C1. The molecule has 1 unspecified atom stereocenters. The van der Waals surface area contributed by atoms with Crippen molar-refractivity contribution in [2.45, 2.75) is 52.1 Å². The lowest BCUT2D eigenvalue weighted by Gasteiger charge is -2.38. The summed E-state index contributed by atoms with van der Waals surface area (Å²) in [7, 11) is 2.47. The number of hydrogen-bond donors (Lipinski definition) is 0. The smallest absolute Gasteiger partial charge is 0.267 e. The maximum absolute atomic E-state index is 13.9. The van der Waals surface area contributed by atoms with Crippen molar-refractivity contribution in [3.8, 4) is 11.1 Å². The standard InChI is InChI=1S/C20H24FIN3O2P/c1-11(2)20-17(13-6-14(21)8-16(28)7-13)9-18(26)24(23-20)10-19(27)25(22)15-4-12(3)5-15/h6-9,11-12,15H,4-5,10,28H2,1-3H3. The first-order valence-corrected chi connectivity index (χ1v) is 10.9. The van der Waals surface area contributed by atoms with Gasteiger partial charge in [-0.05, 0) is 53.7 Å². The van der Waals surface area contributed by atoms with Gasteiger partial charge in [-0.3, -0.25) is 12.7 Å². The third-order valence-corrected chi connectivity index (χ3v) is 6.66. The van der Waals surface area contributed by atoms with E-state index >= 15 is 0 Å². The van der Waals surface area contributed by atoms with Crippen molar-refractivity contribution in [3.05, 3.63) is 46.1 Å². The van der Waals surface area contributed by atoms with Crippen molar-refractivity contribution < 1.29 is 9.18 Å². The molecule has 1 saturated carbocycles. The first-order chi connectivity index (χ1) is 13.2. The molecule has 5 nitrogen and oxygen atoms in total. The summed E-state index contributed by atoms with van der Waals surface area (Å²) in [4.78, 5) is 25.2. The average molecular weight is 515 g/mol. The van der Waals surface area contributed by atoms with Crippen molar-refractivity contribution in [1.29, 1.82) is 0 Å². The predicted molar refractivity (Wildman–Crippen MR) is 120 cm³/mol. The lowest BCUT2D eigenvalue weighted by Crippen LogP contribution is -2.43. The second-order valence-electron chi connectivity index (χ2n) is 7.80. The van der Waals surface area contributed by atoms with Crippen LogP contribution >= 0.6 is 32.1 Å². The lowest BCUT2D eigenvalue weighted by atomic mass is 9.82. The van der Waals surface area contributed by atoms with Crippen LogP contribution in [0.4, 0.5) is 4.39 Å². The molecule has 0 bridgehead atoms. The predicted octanol–water partition coefficient (Wildman–Crippen LogP) is 3.65. The van der Waals surface area contributed by atoms with Crippen LogP contribution in [0.1, 0.15) is 45.2 Å². The molecular weight excluding hydrogens is 491 g/mol. The first kappa shape index (κ1) is 21.4. The van der Waals surface area contributed by atoms with Crippen LogP contribution in [0.15, 0.2) is 29.1 Å². The normalized spacial score (nSPS) is 18.8. The molecule has 150 valence electrons. The first-order valence-electron chi connectivity index (χ1n) is 9.32. The van der Waals surface area contributed by atoms with E-state index in [1.165, 1.54) is 22.9 Å². The quantitative estimate of drug-likeness (QED) is 0.347. The topological polar surface area (TPSA) is 55.2 Å². The molecule has 0 N–H and O–H groups in total. The van der Waals surface area contributed by atoms with Crippen molar-refractivity contribution in [2.24, 2.45) is 5.92 Å². The molecule has 1 aliphatic carbocycles. The van der Waals surface area contributed by atoms with Gasteiger partial charge in [0.2, 0.25) is 0 Å². The Morgan fingerprint density at radius 2 is 2.04 bits per heavy atom. The highest BCUT2D eigenvalue weighted by molar-refractivity contribution is 14.1. The lowest BCUT2D eigenvalue weighted by molar-refractivity contribution is -0.128. The van der Waals surface area contributed by atoms with E-state index in [2.05, 4.69) is 21.3 Å². The minimum atomic E-state index is -0.369. The Morgan fingerprint density at radius 3 is 2.61 bits per heavy atom. The highest BCUT2D eigenvalue weighted by Crippen LogP contribution is 2.33. The van der Waals surface area contributed by atoms with Gasteiger partial charge in [0.1, 0.15) is 12.4 Å². The summed E-state index contributed by atoms with van der Waals surface area (Å²) >= 11 is 2.04. The second-order valence-corrected chi connectivity index (χ2v) is 9.51. The van der Waals surface area contributed by atoms with Crippen molar-refractivity contribution >= 4 is 43.3 Å². The fourth-order valence-corrected chi connectivity index (χ4v) is 4.43. The average Bonchev–Trinajstić information content (AvgIpc) is 2.58. The summed E-state index contributed by atoms with van der Waals surface area (Å²) in [5.41, 5.74) is 1.51. The number of benzene rings is 1. The van der Waals surface area contributed by atoms with Gasteiger partial charge in [-0.25, -0.2) is 9.07 Å². The Kier molecular flexibility index (Phi) is 6.54. The van der Waals surface area contributed by atoms with Crippen LogP contribution in [0.5, 0.6) is 0 Å². The van der Waals surface area contributed by atoms with E-state index < -0.39 is 0 Å².